The highest BCUT2D eigenvalue weighted by molar-refractivity contribution is 6.31. The highest BCUT2D eigenvalue weighted by atomic mass is 35.5. The van der Waals surface area contributed by atoms with Crippen molar-refractivity contribution in [1.82, 2.24) is 10.3 Å². The van der Waals surface area contributed by atoms with Gasteiger partial charge >= 0.3 is 5.97 Å². The van der Waals surface area contributed by atoms with Crippen molar-refractivity contribution >= 4 is 23.5 Å². The number of carboxylic acid groups (broad SMARTS) is 1. The minimum absolute atomic E-state index is 0.0444. The fourth-order valence-electron chi connectivity index (χ4n) is 3.07. The van der Waals surface area contributed by atoms with Crippen LogP contribution in [0.3, 0.4) is 0 Å². The number of amides is 1. The Kier molecular flexibility index (Phi) is 6.81. The van der Waals surface area contributed by atoms with Gasteiger partial charge in [0.15, 0.2) is 0 Å². The summed E-state index contributed by atoms with van der Waals surface area (Å²) in [7, 11) is 1.33. The minimum Gasteiger partial charge on any atom is -0.481 e. The summed E-state index contributed by atoms with van der Waals surface area (Å²) >= 11 is 6.16. The van der Waals surface area contributed by atoms with Crippen molar-refractivity contribution in [3.63, 3.8) is 0 Å². The summed E-state index contributed by atoms with van der Waals surface area (Å²) in [5, 5.41) is 12.2. The van der Waals surface area contributed by atoms with Crippen molar-refractivity contribution in [1.29, 1.82) is 0 Å². The number of ether oxygens (including phenoxy) is 1. The Labute approximate surface area is 181 Å². The first-order valence-electron chi connectivity index (χ1n) is 9.06. The first-order chi connectivity index (χ1) is 14.8. The fourth-order valence-corrected chi connectivity index (χ4v) is 3.34. The van der Waals surface area contributed by atoms with Gasteiger partial charge in [0.2, 0.25) is 5.88 Å². The van der Waals surface area contributed by atoms with Crippen LogP contribution in [0.5, 0.6) is 5.88 Å². The lowest BCUT2D eigenvalue weighted by Gasteiger charge is -2.19. The predicted octanol–water partition coefficient (Wildman–Crippen LogP) is 4.63. The standard InChI is InChI=1S/C22H17ClF2N2O4/c1-31-22-17(12-6-14(24)9-15(25)7-12)8-13(11-26-22)21(30)27-19(10-20(28)29)16-4-2-3-5-18(16)23/h2-9,11,19H,10H2,1H3,(H,27,30)(H,28,29). The second-order valence-corrected chi connectivity index (χ2v) is 6.99. The van der Waals surface area contributed by atoms with Crippen LogP contribution in [0.25, 0.3) is 11.1 Å². The number of hydrogen-bond acceptors (Lipinski definition) is 4. The number of nitrogens with zero attached hydrogens (tertiary/aromatic N) is 1. The van der Waals surface area contributed by atoms with Gasteiger partial charge in [-0.15, -0.1) is 0 Å². The summed E-state index contributed by atoms with van der Waals surface area (Å²) in [6, 6.07) is 9.91. The molecule has 1 atom stereocenters. The van der Waals surface area contributed by atoms with Crippen molar-refractivity contribution < 1.29 is 28.2 Å². The second-order valence-electron chi connectivity index (χ2n) is 6.58. The van der Waals surface area contributed by atoms with Crippen LogP contribution >= 0.6 is 11.6 Å². The van der Waals surface area contributed by atoms with Crippen LogP contribution in [0.2, 0.25) is 5.02 Å². The largest absolute Gasteiger partial charge is 0.481 e. The number of halogens is 3. The number of hydrogen-bond donors (Lipinski definition) is 2. The zero-order chi connectivity index (χ0) is 22.5. The molecule has 1 aromatic heterocycles. The molecule has 0 spiro atoms. The smallest absolute Gasteiger partial charge is 0.305 e. The number of aliphatic carboxylic acids is 1. The molecule has 160 valence electrons. The van der Waals surface area contributed by atoms with Gasteiger partial charge in [0.1, 0.15) is 11.6 Å². The Morgan fingerprint density at radius 1 is 1.16 bits per heavy atom. The molecule has 0 aliphatic rings. The maximum absolute atomic E-state index is 13.7. The number of carboxylic acids is 1. The third-order valence-electron chi connectivity index (χ3n) is 4.44. The van der Waals surface area contributed by atoms with E-state index in [2.05, 4.69) is 10.3 Å². The van der Waals surface area contributed by atoms with Crippen LogP contribution in [0.1, 0.15) is 28.4 Å². The summed E-state index contributed by atoms with van der Waals surface area (Å²) in [6.07, 6.45) is 0.818. The average molecular weight is 447 g/mol. The number of carbonyl (C=O) groups excluding carboxylic acids is 1. The molecular weight excluding hydrogens is 430 g/mol. The summed E-state index contributed by atoms with van der Waals surface area (Å²) in [6.45, 7) is 0. The number of benzene rings is 2. The summed E-state index contributed by atoms with van der Waals surface area (Å²) < 4.78 is 32.5. The quantitative estimate of drug-likeness (QED) is 0.552. The number of pyridine rings is 1. The minimum atomic E-state index is -1.13. The van der Waals surface area contributed by atoms with E-state index >= 15 is 0 Å². The van der Waals surface area contributed by atoms with Crippen LogP contribution < -0.4 is 10.1 Å². The van der Waals surface area contributed by atoms with Crippen molar-refractivity contribution in [2.75, 3.05) is 7.11 Å². The van der Waals surface area contributed by atoms with Gasteiger partial charge in [-0.2, -0.15) is 0 Å². The Balaban J connectivity index is 1.97. The number of nitrogens with one attached hydrogen (secondary N) is 1. The molecule has 31 heavy (non-hydrogen) atoms. The van der Waals surface area contributed by atoms with Crippen molar-refractivity contribution in [3.8, 4) is 17.0 Å². The van der Waals surface area contributed by atoms with Gasteiger partial charge in [-0.1, -0.05) is 29.8 Å². The lowest BCUT2D eigenvalue weighted by atomic mass is 10.0. The molecule has 6 nitrogen and oxygen atoms in total. The molecule has 0 fully saturated rings. The summed E-state index contributed by atoms with van der Waals surface area (Å²) in [5.41, 5.74) is 0.808. The maximum Gasteiger partial charge on any atom is 0.305 e. The van der Waals surface area contributed by atoms with Crippen LogP contribution in [0.4, 0.5) is 8.78 Å². The SMILES string of the molecule is COc1ncc(C(=O)NC(CC(=O)O)c2ccccc2Cl)cc1-c1cc(F)cc(F)c1. The van der Waals surface area contributed by atoms with Crippen LogP contribution in [-0.4, -0.2) is 29.1 Å². The Hall–Kier alpha value is -3.52. The lowest BCUT2D eigenvalue weighted by molar-refractivity contribution is -0.137. The maximum atomic E-state index is 13.7. The van der Waals surface area contributed by atoms with Gasteiger partial charge < -0.3 is 15.2 Å². The molecule has 0 saturated heterocycles. The van der Waals surface area contributed by atoms with Gasteiger partial charge in [0, 0.05) is 22.8 Å². The van der Waals surface area contributed by atoms with E-state index < -0.39 is 36.0 Å². The third-order valence-corrected chi connectivity index (χ3v) is 4.79. The molecule has 2 N–H and O–H groups in total. The number of rotatable bonds is 7. The molecule has 1 unspecified atom stereocenters. The number of carbonyl (C=O) groups is 2. The van der Waals surface area contributed by atoms with Crippen LogP contribution in [0, 0.1) is 11.6 Å². The highest BCUT2D eigenvalue weighted by Crippen LogP contribution is 2.31. The zero-order valence-corrected chi connectivity index (χ0v) is 17.0. The van der Waals surface area contributed by atoms with Crippen LogP contribution in [0.15, 0.2) is 54.7 Å². The number of aromatic nitrogens is 1. The molecule has 9 heteroatoms. The molecule has 3 rings (SSSR count). The molecule has 2 aromatic carbocycles. The van der Waals surface area contributed by atoms with E-state index in [-0.39, 0.29) is 22.6 Å². The zero-order valence-electron chi connectivity index (χ0n) is 16.2. The van der Waals surface area contributed by atoms with Gasteiger partial charge in [-0.3, -0.25) is 9.59 Å². The van der Waals surface area contributed by atoms with Gasteiger partial charge in [-0.25, -0.2) is 13.8 Å². The Bertz CT molecular complexity index is 1120. The topological polar surface area (TPSA) is 88.5 Å². The van der Waals surface area contributed by atoms with E-state index in [9.17, 15) is 23.5 Å². The molecule has 0 radical (unpaired) electrons. The van der Waals surface area contributed by atoms with Crippen molar-refractivity contribution in [2.45, 2.75) is 12.5 Å². The molecule has 1 amide bonds. The summed E-state index contributed by atoms with van der Waals surface area (Å²) in [4.78, 5) is 28.2. The highest BCUT2D eigenvalue weighted by Gasteiger charge is 2.22. The molecule has 0 bridgehead atoms. The summed E-state index contributed by atoms with van der Waals surface area (Å²) in [5.74, 6) is -3.30. The van der Waals surface area contributed by atoms with Crippen molar-refractivity contribution in [2.24, 2.45) is 0 Å². The predicted molar refractivity (Wildman–Crippen MR) is 110 cm³/mol. The second kappa shape index (κ2) is 9.53. The van der Waals surface area contributed by atoms with Crippen molar-refractivity contribution in [3.05, 3.63) is 82.5 Å². The first-order valence-corrected chi connectivity index (χ1v) is 9.44. The molecule has 0 aliphatic carbocycles. The van der Waals surface area contributed by atoms with E-state index in [0.717, 1.165) is 18.2 Å². The average Bonchev–Trinajstić information content (AvgIpc) is 2.72. The normalized spacial score (nSPS) is 11.6. The van der Waals surface area contributed by atoms with E-state index in [1.165, 1.54) is 19.4 Å². The molecule has 0 saturated carbocycles. The van der Waals surface area contributed by atoms with E-state index in [1.807, 2.05) is 0 Å². The van der Waals surface area contributed by atoms with E-state index in [0.29, 0.717) is 10.6 Å². The van der Waals surface area contributed by atoms with E-state index in [1.54, 1.807) is 24.3 Å². The lowest BCUT2D eigenvalue weighted by Crippen LogP contribution is -2.30. The molecule has 1 heterocycles. The molecule has 0 aliphatic heterocycles. The first kappa shape index (κ1) is 22.2. The fraction of sp³-hybridized carbons (Fsp3) is 0.136. The monoisotopic (exact) mass is 446 g/mol. The Morgan fingerprint density at radius 3 is 2.45 bits per heavy atom. The van der Waals surface area contributed by atoms with Gasteiger partial charge in [0.25, 0.3) is 5.91 Å². The van der Waals surface area contributed by atoms with E-state index in [4.69, 9.17) is 16.3 Å². The molecular formula is C22H17ClF2N2O4. The molecule has 3 aromatic rings. The van der Waals surface area contributed by atoms with Crippen LogP contribution in [-0.2, 0) is 4.79 Å². The van der Waals surface area contributed by atoms with Gasteiger partial charge in [-0.05, 0) is 35.4 Å². The number of methoxy groups -OCH3 is 1. The van der Waals surface area contributed by atoms with Gasteiger partial charge in [0.05, 0.1) is 25.1 Å². The third kappa shape index (κ3) is 5.35. The Morgan fingerprint density at radius 2 is 1.84 bits per heavy atom.